The van der Waals surface area contributed by atoms with Crippen LogP contribution in [0.25, 0.3) is 5.69 Å². The Balaban J connectivity index is 1.42. The van der Waals surface area contributed by atoms with Crippen molar-refractivity contribution < 1.29 is 14.4 Å². The number of fused-ring (bicyclic) bond motifs is 1. The van der Waals surface area contributed by atoms with Gasteiger partial charge in [-0.1, -0.05) is 25.5 Å². The molecule has 0 aliphatic carbocycles. The summed E-state index contributed by atoms with van der Waals surface area (Å²) in [5.41, 5.74) is 2.90. The fourth-order valence-corrected chi connectivity index (χ4v) is 3.42. The molecule has 4 rings (SSSR count). The average Bonchev–Trinajstić information content (AvgIpc) is 3.39. The third-order valence-corrected chi connectivity index (χ3v) is 5.13. The van der Waals surface area contributed by atoms with E-state index in [1.807, 2.05) is 43.5 Å². The van der Waals surface area contributed by atoms with Gasteiger partial charge in [0.2, 0.25) is 0 Å². The lowest BCUT2D eigenvalue weighted by molar-refractivity contribution is 0.0652. The summed E-state index contributed by atoms with van der Waals surface area (Å²) in [6.07, 6.45) is 5.23. The van der Waals surface area contributed by atoms with Gasteiger partial charge in [-0.3, -0.25) is 19.3 Å². The number of benzene rings is 2. The van der Waals surface area contributed by atoms with Gasteiger partial charge in [0.25, 0.3) is 17.7 Å². The van der Waals surface area contributed by atoms with Crippen LogP contribution in [-0.2, 0) is 6.54 Å². The molecule has 0 saturated heterocycles. The number of carbonyl (C=O) groups is 3. The van der Waals surface area contributed by atoms with Crippen LogP contribution in [0.3, 0.4) is 0 Å². The largest absolute Gasteiger partial charge is 0.348 e. The van der Waals surface area contributed by atoms with Crippen LogP contribution in [0.2, 0.25) is 0 Å². The van der Waals surface area contributed by atoms with Crippen LogP contribution in [0.4, 0.5) is 0 Å². The van der Waals surface area contributed by atoms with Crippen molar-refractivity contribution in [3.63, 3.8) is 0 Å². The van der Waals surface area contributed by atoms with Gasteiger partial charge in [-0.2, -0.15) is 5.10 Å². The zero-order chi connectivity index (χ0) is 21.1. The molecule has 0 saturated carbocycles. The van der Waals surface area contributed by atoms with Crippen molar-refractivity contribution in [1.29, 1.82) is 0 Å². The highest BCUT2D eigenvalue weighted by Gasteiger charge is 2.35. The minimum atomic E-state index is -0.327. The van der Waals surface area contributed by atoms with Gasteiger partial charge in [-0.25, -0.2) is 4.68 Å². The molecule has 0 bridgehead atoms. The third kappa shape index (κ3) is 3.74. The summed E-state index contributed by atoms with van der Waals surface area (Å²) in [4.78, 5) is 38.8. The second kappa shape index (κ2) is 8.32. The molecule has 0 atom stereocenters. The van der Waals surface area contributed by atoms with Crippen LogP contribution in [0.1, 0.15) is 56.4 Å². The number of imide groups is 1. The lowest BCUT2D eigenvalue weighted by Crippen LogP contribution is -2.30. The number of rotatable bonds is 7. The first-order valence-corrected chi connectivity index (χ1v) is 9.96. The number of nitrogens with one attached hydrogen (secondary N) is 1. The van der Waals surface area contributed by atoms with Gasteiger partial charge in [-0.05, 0) is 48.4 Å². The molecule has 3 amide bonds. The summed E-state index contributed by atoms with van der Waals surface area (Å²) in [7, 11) is 0. The van der Waals surface area contributed by atoms with Crippen molar-refractivity contribution in [1.82, 2.24) is 20.0 Å². The van der Waals surface area contributed by atoms with Crippen molar-refractivity contribution in [3.8, 4) is 5.69 Å². The number of carbonyl (C=O) groups excluding carboxylic acids is 3. The first kappa shape index (κ1) is 19.6. The fourth-order valence-electron chi connectivity index (χ4n) is 3.42. The average molecular weight is 402 g/mol. The normalized spacial score (nSPS) is 12.9. The predicted molar refractivity (Wildman–Crippen MR) is 111 cm³/mol. The van der Waals surface area contributed by atoms with E-state index in [1.54, 1.807) is 23.0 Å². The maximum atomic E-state index is 12.6. The first-order chi connectivity index (χ1) is 14.6. The van der Waals surface area contributed by atoms with E-state index in [2.05, 4.69) is 10.4 Å². The minimum Gasteiger partial charge on any atom is -0.348 e. The molecule has 1 N–H and O–H groups in total. The number of unbranched alkanes of at least 4 members (excludes halogenated alkanes) is 1. The first-order valence-electron chi connectivity index (χ1n) is 9.96. The minimum absolute atomic E-state index is 0.285. The molecular weight excluding hydrogens is 380 g/mol. The van der Waals surface area contributed by atoms with E-state index in [-0.39, 0.29) is 17.7 Å². The van der Waals surface area contributed by atoms with Crippen molar-refractivity contribution >= 4 is 17.7 Å². The van der Waals surface area contributed by atoms with Gasteiger partial charge >= 0.3 is 0 Å². The van der Waals surface area contributed by atoms with E-state index in [0.29, 0.717) is 29.8 Å². The number of hydrogen-bond acceptors (Lipinski definition) is 4. The summed E-state index contributed by atoms with van der Waals surface area (Å²) >= 11 is 0. The van der Waals surface area contributed by atoms with Crippen molar-refractivity contribution in [3.05, 3.63) is 83.2 Å². The highest BCUT2D eigenvalue weighted by Crippen LogP contribution is 2.24. The lowest BCUT2D eigenvalue weighted by Gasteiger charge is -2.12. The molecule has 3 aromatic rings. The Bertz CT molecular complexity index is 1090. The molecule has 1 aromatic heterocycles. The molecule has 30 heavy (non-hydrogen) atoms. The summed E-state index contributed by atoms with van der Waals surface area (Å²) in [6.45, 7) is 2.76. The van der Waals surface area contributed by atoms with Crippen LogP contribution >= 0.6 is 0 Å². The predicted octanol–water partition coefficient (Wildman–Crippen LogP) is 3.20. The molecule has 2 aromatic carbocycles. The smallest absolute Gasteiger partial charge is 0.261 e. The van der Waals surface area contributed by atoms with E-state index in [9.17, 15) is 14.4 Å². The van der Waals surface area contributed by atoms with E-state index in [4.69, 9.17) is 0 Å². The summed E-state index contributed by atoms with van der Waals surface area (Å²) in [5, 5.41) is 7.04. The Morgan fingerprint density at radius 1 is 1.03 bits per heavy atom. The zero-order valence-electron chi connectivity index (χ0n) is 16.7. The van der Waals surface area contributed by atoms with Crippen LogP contribution in [-0.4, -0.2) is 38.9 Å². The molecule has 7 heteroatoms. The highest BCUT2D eigenvalue weighted by atomic mass is 16.2. The maximum Gasteiger partial charge on any atom is 0.261 e. The van der Waals surface area contributed by atoms with Gasteiger partial charge in [0, 0.05) is 31.0 Å². The molecule has 7 nitrogen and oxygen atoms in total. The third-order valence-electron chi connectivity index (χ3n) is 5.13. The van der Waals surface area contributed by atoms with Gasteiger partial charge in [0.1, 0.15) is 0 Å². The summed E-state index contributed by atoms with van der Waals surface area (Å²) in [6, 6.07) is 14.2. The Morgan fingerprint density at radius 3 is 2.50 bits per heavy atom. The second-order valence-corrected chi connectivity index (χ2v) is 7.18. The molecular formula is C23H22N4O3. The van der Waals surface area contributed by atoms with Crippen LogP contribution in [0, 0.1) is 0 Å². The van der Waals surface area contributed by atoms with E-state index in [1.165, 1.54) is 11.0 Å². The van der Waals surface area contributed by atoms with Gasteiger partial charge < -0.3 is 5.32 Å². The summed E-state index contributed by atoms with van der Waals surface area (Å²) in [5.74, 6) is -0.902. The van der Waals surface area contributed by atoms with Gasteiger partial charge in [0.15, 0.2) is 0 Å². The highest BCUT2D eigenvalue weighted by molar-refractivity contribution is 6.22. The molecule has 0 fully saturated rings. The van der Waals surface area contributed by atoms with Crippen LogP contribution in [0.5, 0.6) is 0 Å². The number of aromatic nitrogens is 2. The molecule has 0 spiro atoms. The van der Waals surface area contributed by atoms with Crippen LogP contribution in [0.15, 0.2) is 60.9 Å². The van der Waals surface area contributed by atoms with Crippen molar-refractivity contribution in [2.75, 3.05) is 6.54 Å². The van der Waals surface area contributed by atoms with Crippen LogP contribution < -0.4 is 5.32 Å². The Labute approximate surface area is 174 Å². The lowest BCUT2D eigenvalue weighted by atomic mass is 10.1. The van der Waals surface area contributed by atoms with Crippen molar-refractivity contribution in [2.45, 2.75) is 26.3 Å². The molecule has 0 radical (unpaired) electrons. The van der Waals surface area contributed by atoms with E-state index >= 15 is 0 Å². The quantitative estimate of drug-likeness (QED) is 0.615. The number of amides is 3. The Kier molecular flexibility index (Phi) is 5.43. The maximum absolute atomic E-state index is 12.6. The standard InChI is InChI=1S/C23H22N4O3/c1-2-3-12-26-22(29)19-10-7-17(14-20(19)23(26)30)21(28)24-15-16-5-8-18(9-6-16)27-13-4-11-25-27/h4-11,13-14H,2-3,12,15H2,1H3,(H,24,28). The molecule has 152 valence electrons. The Hall–Kier alpha value is -3.74. The van der Waals surface area contributed by atoms with Gasteiger partial charge in [-0.15, -0.1) is 0 Å². The number of hydrogen-bond donors (Lipinski definition) is 1. The molecule has 0 unspecified atom stereocenters. The van der Waals surface area contributed by atoms with E-state index in [0.717, 1.165) is 24.1 Å². The monoisotopic (exact) mass is 402 g/mol. The SMILES string of the molecule is CCCCN1C(=O)c2ccc(C(=O)NCc3ccc(-n4cccn4)cc3)cc2C1=O. The molecule has 1 aliphatic rings. The Morgan fingerprint density at radius 2 is 1.80 bits per heavy atom. The summed E-state index contributed by atoms with van der Waals surface area (Å²) < 4.78 is 1.76. The molecule has 1 aliphatic heterocycles. The molecule has 2 heterocycles. The number of nitrogens with zero attached hydrogens (tertiary/aromatic N) is 3. The van der Waals surface area contributed by atoms with E-state index < -0.39 is 0 Å². The zero-order valence-corrected chi connectivity index (χ0v) is 16.7. The van der Waals surface area contributed by atoms with Crippen molar-refractivity contribution in [2.24, 2.45) is 0 Å². The topological polar surface area (TPSA) is 84.3 Å². The van der Waals surface area contributed by atoms with Gasteiger partial charge in [0.05, 0.1) is 16.8 Å². The second-order valence-electron chi connectivity index (χ2n) is 7.18. The fraction of sp³-hybridized carbons (Fsp3) is 0.217.